The average molecular weight is 215 g/mol. The number of aliphatic hydroxyl groups excluding tert-OH is 1. The van der Waals surface area contributed by atoms with Crippen LogP contribution in [0.5, 0.6) is 0 Å². The maximum absolute atomic E-state index is 11.5. The van der Waals surface area contributed by atoms with Gasteiger partial charge in [0.25, 0.3) is 0 Å². The summed E-state index contributed by atoms with van der Waals surface area (Å²) in [6.45, 7) is 2.40. The van der Waals surface area contributed by atoms with Gasteiger partial charge in [0.2, 0.25) is 5.91 Å². The van der Waals surface area contributed by atoms with Crippen LogP contribution in [0.25, 0.3) is 0 Å². The van der Waals surface area contributed by atoms with E-state index in [1.807, 2.05) is 0 Å². The number of aliphatic hydroxyl groups is 1. The normalized spacial score (nSPS) is 27.5. The number of carbonyl (C=O) groups is 1. The molecular formula is C10H17NO4. The number of rotatable bonds is 3. The van der Waals surface area contributed by atoms with Gasteiger partial charge in [-0.1, -0.05) is 0 Å². The molecule has 2 fully saturated rings. The smallest absolute Gasteiger partial charge is 0.248 e. The molecule has 2 rings (SSSR count). The van der Waals surface area contributed by atoms with Gasteiger partial charge in [0.1, 0.15) is 6.61 Å². The minimum absolute atomic E-state index is 0.0362. The summed E-state index contributed by atoms with van der Waals surface area (Å²) in [4.78, 5) is 13.1. The van der Waals surface area contributed by atoms with Crippen LogP contribution in [0, 0.1) is 0 Å². The topological polar surface area (TPSA) is 59.0 Å². The zero-order valence-corrected chi connectivity index (χ0v) is 8.72. The summed E-state index contributed by atoms with van der Waals surface area (Å²) in [5.74, 6) is -0.0362. The molecule has 2 aliphatic rings. The van der Waals surface area contributed by atoms with Gasteiger partial charge in [-0.15, -0.1) is 0 Å². The Morgan fingerprint density at radius 1 is 1.53 bits per heavy atom. The molecule has 1 amide bonds. The summed E-state index contributed by atoms with van der Waals surface area (Å²) < 4.78 is 10.7. The Hall–Kier alpha value is -0.650. The lowest BCUT2D eigenvalue weighted by atomic mass is 10.1. The van der Waals surface area contributed by atoms with Gasteiger partial charge in [-0.2, -0.15) is 0 Å². The second-order valence-corrected chi connectivity index (χ2v) is 4.10. The van der Waals surface area contributed by atoms with E-state index in [2.05, 4.69) is 0 Å². The molecular weight excluding hydrogens is 198 g/mol. The molecule has 15 heavy (non-hydrogen) atoms. The second kappa shape index (κ2) is 4.92. The number of β-amino-alcohol motifs (C(OH)–C–C–N with tert-alkyl or cyclic N) is 1. The van der Waals surface area contributed by atoms with Crippen LogP contribution in [0.2, 0.25) is 0 Å². The summed E-state index contributed by atoms with van der Waals surface area (Å²) in [5, 5.41) is 9.03. The maximum Gasteiger partial charge on any atom is 0.248 e. The fourth-order valence-electron chi connectivity index (χ4n) is 1.78. The van der Waals surface area contributed by atoms with Crippen LogP contribution >= 0.6 is 0 Å². The van der Waals surface area contributed by atoms with Gasteiger partial charge in [-0.25, -0.2) is 0 Å². The van der Waals surface area contributed by atoms with Crippen molar-refractivity contribution in [3.8, 4) is 0 Å². The zero-order chi connectivity index (χ0) is 10.7. The fourth-order valence-corrected chi connectivity index (χ4v) is 1.78. The first kappa shape index (κ1) is 10.9. The standard InChI is InChI=1S/C10H17NO4/c12-8-4-11(5-8)10(13)7-15-9-2-1-3-14-6-9/h8-9,12H,1-7H2. The largest absolute Gasteiger partial charge is 0.389 e. The van der Waals surface area contributed by atoms with Crippen LogP contribution in [-0.2, 0) is 14.3 Å². The van der Waals surface area contributed by atoms with Gasteiger partial charge < -0.3 is 19.5 Å². The van der Waals surface area contributed by atoms with Gasteiger partial charge in [-0.05, 0) is 12.8 Å². The van der Waals surface area contributed by atoms with Crippen molar-refractivity contribution in [3.63, 3.8) is 0 Å². The lowest BCUT2D eigenvalue weighted by molar-refractivity contribution is -0.150. The third kappa shape index (κ3) is 2.90. The Labute approximate surface area is 89.0 Å². The molecule has 86 valence electrons. The summed E-state index contributed by atoms with van der Waals surface area (Å²) in [6, 6.07) is 0. The molecule has 0 spiro atoms. The number of carbonyl (C=O) groups excluding carboxylic acids is 1. The Balaban J connectivity index is 1.62. The maximum atomic E-state index is 11.5. The highest BCUT2D eigenvalue weighted by molar-refractivity contribution is 5.78. The molecule has 2 heterocycles. The summed E-state index contributed by atoms with van der Waals surface area (Å²) in [6.07, 6.45) is 1.69. The van der Waals surface area contributed by atoms with Crippen LogP contribution in [0.4, 0.5) is 0 Å². The van der Waals surface area contributed by atoms with Gasteiger partial charge in [-0.3, -0.25) is 4.79 Å². The van der Waals surface area contributed by atoms with Crippen LogP contribution in [-0.4, -0.2) is 61.0 Å². The van der Waals surface area contributed by atoms with E-state index in [4.69, 9.17) is 14.6 Å². The van der Waals surface area contributed by atoms with Gasteiger partial charge in [0.05, 0.1) is 18.8 Å². The second-order valence-electron chi connectivity index (χ2n) is 4.10. The molecule has 0 saturated carbocycles. The molecule has 5 nitrogen and oxygen atoms in total. The molecule has 0 bridgehead atoms. The highest BCUT2D eigenvalue weighted by Crippen LogP contribution is 2.11. The lowest BCUT2D eigenvalue weighted by Gasteiger charge is -2.36. The third-order valence-electron chi connectivity index (χ3n) is 2.78. The lowest BCUT2D eigenvalue weighted by Crippen LogP contribution is -2.54. The minimum Gasteiger partial charge on any atom is -0.389 e. The molecule has 0 radical (unpaired) electrons. The summed E-state index contributed by atoms with van der Waals surface area (Å²) >= 11 is 0. The molecule has 1 atom stereocenters. The SMILES string of the molecule is O=C(COC1CCCOC1)N1CC(O)C1. The van der Waals surface area contributed by atoms with Crippen molar-refractivity contribution in [1.82, 2.24) is 4.90 Å². The molecule has 5 heteroatoms. The zero-order valence-electron chi connectivity index (χ0n) is 8.72. The van der Waals surface area contributed by atoms with Crippen molar-refractivity contribution in [1.29, 1.82) is 0 Å². The van der Waals surface area contributed by atoms with Crippen LogP contribution in [0.1, 0.15) is 12.8 Å². The number of amides is 1. The highest BCUT2D eigenvalue weighted by Gasteiger charge is 2.29. The number of nitrogens with zero attached hydrogens (tertiary/aromatic N) is 1. The van der Waals surface area contributed by atoms with E-state index in [9.17, 15) is 4.79 Å². The molecule has 1 unspecified atom stereocenters. The first-order chi connectivity index (χ1) is 7.25. The number of hydrogen-bond acceptors (Lipinski definition) is 4. The molecule has 0 aromatic heterocycles. The minimum atomic E-state index is -0.341. The van der Waals surface area contributed by atoms with Crippen LogP contribution in [0.3, 0.4) is 0 Å². The Bertz CT molecular complexity index is 221. The van der Waals surface area contributed by atoms with Crippen LogP contribution in [0.15, 0.2) is 0 Å². The van der Waals surface area contributed by atoms with E-state index in [1.165, 1.54) is 0 Å². The first-order valence-electron chi connectivity index (χ1n) is 5.41. The monoisotopic (exact) mass is 215 g/mol. The quantitative estimate of drug-likeness (QED) is 0.682. The molecule has 1 N–H and O–H groups in total. The Morgan fingerprint density at radius 2 is 2.33 bits per heavy atom. The molecule has 0 aromatic rings. The predicted molar refractivity (Wildman–Crippen MR) is 52.4 cm³/mol. The Morgan fingerprint density at radius 3 is 2.93 bits per heavy atom. The van der Waals surface area contributed by atoms with E-state index in [0.717, 1.165) is 19.4 Å². The molecule has 2 aliphatic heterocycles. The van der Waals surface area contributed by atoms with Gasteiger partial charge >= 0.3 is 0 Å². The number of likely N-dealkylation sites (tertiary alicyclic amines) is 1. The van der Waals surface area contributed by atoms with Crippen molar-refractivity contribution in [2.24, 2.45) is 0 Å². The van der Waals surface area contributed by atoms with Crippen molar-refractivity contribution in [2.45, 2.75) is 25.0 Å². The van der Waals surface area contributed by atoms with Crippen molar-refractivity contribution in [2.75, 3.05) is 32.9 Å². The molecule has 0 aromatic carbocycles. The van der Waals surface area contributed by atoms with E-state index in [-0.39, 0.29) is 24.7 Å². The predicted octanol–water partition coefficient (Wildman–Crippen LogP) is -0.615. The fraction of sp³-hybridized carbons (Fsp3) is 0.900. The van der Waals surface area contributed by atoms with Gasteiger partial charge in [0, 0.05) is 19.7 Å². The summed E-state index contributed by atoms with van der Waals surface area (Å²) in [5.41, 5.74) is 0. The first-order valence-corrected chi connectivity index (χ1v) is 5.41. The van der Waals surface area contributed by atoms with Gasteiger partial charge in [0.15, 0.2) is 0 Å². The highest BCUT2D eigenvalue weighted by atomic mass is 16.5. The van der Waals surface area contributed by atoms with E-state index >= 15 is 0 Å². The van der Waals surface area contributed by atoms with Crippen molar-refractivity contribution < 1.29 is 19.4 Å². The number of hydrogen-bond donors (Lipinski definition) is 1. The van der Waals surface area contributed by atoms with Crippen LogP contribution < -0.4 is 0 Å². The third-order valence-corrected chi connectivity index (χ3v) is 2.78. The van der Waals surface area contributed by atoms with Crippen molar-refractivity contribution in [3.05, 3.63) is 0 Å². The summed E-state index contributed by atoms with van der Waals surface area (Å²) in [7, 11) is 0. The van der Waals surface area contributed by atoms with E-state index < -0.39 is 0 Å². The Kier molecular flexibility index (Phi) is 3.56. The van der Waals surface area contributed by atoms with Crippen molar-refractivity contribution >= 4 is 5.91 Å². The molecule has 2 saturated heterocycles. The number of ether oxygens (including phenoxy) is 2. The van der Waals surface area contributed by atoms with E-state index in [1.54, 1.807) is 4.90 Å². The average Bonchev–Trinajstić information content (AvgIpc) is 2.23. The molecule has 0 aliphatic carbocycles. The van der Waals surface area contributed by atoms with E-state index in [0.29, 0.717) is 19.7 Å².